The molecule has 18 heavy (non-hydrogen) atoms. The lowest BCUT2D eigenvalue weighted by molar-refractivity contribution is -0.384. The minimum atomic E-state index is -0.578. The van der Waals surface area contributed by atoms with Gasteiger partial charge >= 0.3 is 0 Å². The summed E-state index contributed by atoms with van der Waals surface area (Å²) in [5.74, 6) is -0.205. The Labute approximate surface area is 100 Å². The molecule has 1 heterocycles. The van der Waals surface area contributed by atoms with Crippen LogP contribution in [0.4, 0.5) is 5.69 Å². The van der Waals surface area contributed by atoms with Crippen molar-refractivity contribution in [3.05, 3.63) is 46.5 Å². The molecule has 9 heteroatoms. The molecule has 0 unspecified atom stereocenters. The van der Waals surface area contributed by atoms with Crippen LogP contribution in [0.1, 0.15) is 5.56 Å². The third-order valence-electron chi connectivity index (χ3n) is 2.24. The molecule has 3 N–H and O–H groups in total. The predicted molar refractivity (Wildman–Crippen MR) is 60.5 cm³/mol. The zero-order valence-corrected chi connectivity index (χ0v) is 8.96. The molecule has 9 nitrogen and oxygen atoms in total. The molecule has 0 atom stereocenters. The number of rotatable bonds is 3. The van der Waals surface area contributed by atoms with Crippen LogP contribution in [0.25, 0.3) is 5.69 Å². The van der Waals surface area contributed by atoms with Gasteiger partial charge in [-0.1, -0.05) is 5.16 Å². The number of benzene rings is 1. The lowest BCUT2D eigenvalue weighted by atomic mass is 10.1. The normalized spacial score (nSPS) is 11.4. The van der Waals surface area contributed by atoms with Gasteiger partial charge in [0.05, 0.1) is 4.92 Å². The van der Waals surface area contributed by atoms with E-state index in [4.69, 9.17) is 10.9 Å². The van der Waals surface area contributed by atoms with E-state index in [1.165, 1.54) is 35.5 Å². The Bertz CT molecular complexity index is 607. The molecule has 0 aliphatic carbocycles. The number of nitrogens with zero attached hydrogens (tertiary/aromatic N) is 5. The summed E-state index contributed by atoms with van der Waals surface area (Å²) in [6.45, 7) is 0. The highest BCUT2D eigenvalue weighted by Gasteiger charge is 2.17. The number of hydrogen-bond donors (Lipinski definition) is 2. The fraction of sp³-hybridized carbons (Fsp3) is 0. The van der Waals surface area contributed by atoms with E-state index in [0.717, 1.165) is 0 Å². The van der Waals surface area contributed by atoms with Crippen molar-refractivity contribution in [2.75, 3.05) is 0 Å². The number of nitro groups is 1. The van der Waals surface area contributed by atoms with Crippen molar-refractivity contribution in [1.82, 2.24) is 14.8 Å². The van der Waals surface area contributed by atoms with E-state index in [1.807, 2.05) is 0 Å². The molecule has 0 aliphatic heterocycles. The van der Waals surface area contributed by atoms with Crippen LogP contribution in [0.3, 0.4) is 0 Å². The molecule has 2 rings (SSSR count). The lowest BCUT2D eigenvalue weighted by Gasteiger charge is -2.04. The molecular weight excluding hydrogens is 240 g/mol. The summed E-state index contributed by atoms with van der Waals surface area (Å²) in [7, 11) is 0. The summed E-state index contributed by atoms with van der Waals surface area (Å²) in [4.78, 5) is 14.1. The van der Waals surface area contributed by atoms with Crippen LogP contribution >= 0.6 is 0 Å². The lowest BCUT2D eigenvalue weighted by Crippen LogP contribution is -2.14. The third-order valence-corrected chi connectivity index (χ3v) is 2.24. The maximum absolute atomic E-state index is 11.0. The molecule has 1 aromatic heterocycles. The van der Waals surface area contributed by atoms with Crippen molar-refractivity contribution >= 4 is 11.5 Å². The minimum absolute atomic E-state index is 0.205. The number of nitrogens with two attached hydrogens (primary N) is 1. The Hall–Kier alpha value is -2.97. The van der Waals surface area contributed by atoms with Crippen LogP contribution in [-0.2, 0) is 0 Å². The molecule has 0 amide bonds. The van der Waals surface area contributed by atoms with Crippen molar-refractivity contribution in [2.24, 2.45) is 10.9 Å². The number of nitro benzene ring substituents is 1. The second kappa shape index (κ2) is 4.49. The number of aromatic nitrogens is 3. The number of oxime groups is 1. The Balaban J connectivity index is 2.59. The smallest absolute Gasteiger partial charge is 0.295 e. The van der Waals surface area contributed by atoms with Gasteiger partial charge in [0.15, 0.2) is 5.84 Å². The van der Waals surface area contributed by atoms with Crippen LogP contribution in [0.15, 0.2) is 36.0 Å². The van der Waals surface area contributed by atoms with Gasteiger partial charge in [-0.3, -0.25) is 10.1 Å². The minimum Gasteiger partial charge on any atom is -0.409 e. The van der Waals surface area contributed by atoms with Gasteiger partial charge in [-0.15, -0.1) is 0 Å². The SMILES string of the molecule is N/C(=N\O)c1ccc(-n2cncn2)c([N+](=O)[O-])c1. The highest BCUT2D eigenvalue weighted by atomic mass is 16.6. The molecule has 0 saturated heterocycles. The first kappa shape index (κ1) is 11.5. The largest absolute Gasteiger partial charge is 0.409 e. The van der Waals surface area contributed by atoms with Crippen LogP contribution < -0.4 is 5.73 Å². The molecule has 2 aromatic rings. The van der Waals surface area contributed by atoms with Gasteiger partial charge in [0.1, 0.15) is 18.3 Å². The van der Waals surface area contributed by atoms with E-state index in [9.17, 15) is 10.1 Å². The van der Waals surface area contributed by atoms with E-state index < -0.39 is 4.92 Å². The second-order valence-electron chi connectivity index (χ2n) is 3.29. The molecule has 0 spiro atoms. The fourth-order valence-corrected chi connectivity index (χ4v) is 1.41. The monoisotopic (exact) mass is 248 g/mol. The first-order chi connectivity index (χ1) is 8.63. The highest BCUT2D eigenvalue weighted by molar-refractivity contribution is 5.98. The first-order valence-corrected chi connectivity index (χ1v) is 4.75. The van der Waals surface area contributed by atoms with Crippen molar-refractivity contribution in [2.45, 2.75) is 0 Å². The molecule has 1 aromatic carbocycles. The summed E-state index contributed by atoms with van der Waals surface area (Å²) in [6.07, 6.45) is 2.60. The van der Waals surface area contributed by atoms with Crippen molar-refractivity contribution in [1.29, 1.82) is 0 Å². The summed E-state index contributed by atoms with van der Waals surface area (Å²) in [5, 5.41) is 26.1. The fourth-order valence-electron chi connectivity index (χ4n) is 1.41. The highest BCUT2D eigenvalue weighted by Crippen LogP contribution is 2.23. The quantitative estimate of drug-likeness (QED) is 0.263. The van der Waals surface area contributed by atoms with E-state index >= 15 is 0 Å². The third kappa shape index (κ3) is 1.96. The topological polar surface area (TPSA) is 132 Å². The van der Waals surface area contributed by atoms with Crippen molar-refractivity contribution < 1.29 is 10.1 Å². The van der Waals surface area contributed by atoms with Gasteiger partial charge in [-0.05, 0) is 12.1 Å². The van der Waals surface area contributed by atoms with E-state index in [1.54, 1.807) is 0 Å². The van der Waals surface area contributed by atoms with Crippen LogP contribution in [0.5, 0.6) is 0 Å². The van der Waals surface area contributed by atoms with E-state index in [2.05, 4.69) is 15.2 Å². The first-order valence-electron chi connectivity index (χ1n) is 4.75. The number of hydrogen-bond acceptors (Lipinski definition) is 6. The van der Waals surface area contributed by atoms with E-state index in [0.29, 0.717) is 0 Å². The summed E-state index contributed by atoms with van der Waals surface area (Å²) >= 11 is 0. The van der Waals surface area contributed by atoms with Gasteiger partial charge in [0.2, 0.25) is 0 Å². The van der Waals surface area contributed by atoms with Gasteiger partial charge in [0.25, 0.3) is 5.69 Å². The maximum Gasteiger partial charge on any atom is 0.295 e. The molecule has 0 saturated carbocycles. The number of amidine groups is 1. The molecular formula is C9H8N6O3. The standard InChI is InChI=1S/C9H8N6O3/c10-9(13-16)6-1-2-7(8(3-6)15(17)18)14-5-11-4-12-14/h1-5,16H,(H2,10,13). The molecule has 0 radical (unpaired) electrons. The van der Waals surface area contributed by atoms with E-state index in [-0.39, 0.29) is 22.8 Å². The Morgan fingerprint density at radius 3 is 2.89 bits per heavy atom. The maximum atomic E-state index is 11.0. The predicted octanol–water partition coefficient (Wildman–Crippen LogP) is 0.270. The summed E-state index contributed by atoms with van der Waals surface area (Å²) in [6, 6.07) is 4.13. The summed E-state index contributed by atoms with van der Waals surface area (Å²) in [5.41, 5.74) is 5.64. The van der Waals surface area contributed by atoms with Crippen LogP contribution in [0.2, 0.25) is 0 Å². The van der Waals surface area contributed by atoms with Gasteiger partial charge in [0, 0.05) is 11.6 Å². The average molecular weight is 248 g/mol. The van der Waals surface area contributed by atoms with Gasteiger partial charge in [-0.25, -0.2) is 9.67 Å². The van der Waals surface area contributed by atoms with Crippen molar-refractivity contribution in [3.8, 4) is 5.69 Å². The van der Waals surface area contributed by atoms with Gasteiger partial charge in [-0.2, -0.15) is 5.10 Å². The molecule has 0 fully saturated rings. The zero-order chi connectivity index (χ0) is 13.1. The molecule has 0 bridgehead atoms. The van der Waals surface area contributed by atoms with Crippen molar-refractivity contribution in [3.63, 3.8) is 0 Å². The van der Waals surface area contributed by atoms with Crippen LogP contribution in [-0.4, -0.2) is 30.7 Å². The molecule has 0 aliphatic rings. The Kier molecular flexibility index (Phi) is 2.87. The summed E-state index contributed by atoms with van der Waals surface area (Å²) < 4.78 is 1.26. The van der Waals surface area contributed by atoms with Gasteiger partial charge < -0.3 is 10.9 Å². The zero-order valence-electron chi connectivity index (χ0n) is 8.96. The average Bonchev–Trinajstić information content (AvgIpc) is 2.90. The Morgan fingerprint density at radius 2 is 2.33 bits per heavy atom. The molecule has 92 valence electrons. The second-order valence-corrected chi connectivity index (χ2v) is 3.29. The van der Waals surface area contributed by atoms with Crippen LogP contribution in [0, 0.1) is 10.1 Å². The Morgan fingerprint density at radius 1 is 1.56 bits per heavy atom.